The summed E-state index contributed by atoms with van der Waals surface area (Å²) >= 11 is 5.75. The lowest BCUT2D eigenvalue weighted by atomic mass is 10.1. The minimum Gasteiger partial charge on any atom is -0.467 e. The fraction of sp³-hybridized carbons (Fsp3) is 0.227. The van der Waals surface area contributed by atoms with Crippen molar-refractivity contribution in [1.29, 1.82) is 0 Å². The molecule has 0 amide bonds. The van der Waals surface area contributed by atoms with Crippen LogP contribution in [0.3, 0.4) is 0 Å². The third kappa shape index (κ3) is 4.52. The Morgan fingerprint density at radius 2 is 1.62 bits per heavy atom. The second-order valence-electron chi connectivity index (χ2n) is 6.62. The van der Waals surface area contributed by atoms with E-state index in [2.05, 4.69) is 73.5 Å². The first kappa shape index (κ1) is 18.2. The molecule has 0 bridgehead atoms. The molecule has 0 aliphatic heterocycles. The van der Waals surface area contributed by atoms with E-state index in [4.69, 9.17) is 16.6 Å². The van der Waals surface area contributed by atoms with E-state index in [1.54, 1.807) is 6.26 Å². The molecule has 0 saturated heterocycles. The van der Waals surface area contributed by atoms with Gasteiger partial charge in [0, 0.05) is 12.2 Å². The standard InChI is InChI=1S/C22H24N2OS/c1-16-9-11-19(12-10-16)14-24(15-20-8-5-13-25-20)22(26)23-21-17(2)6-4-7-18(21)3/h4-13H,14-15H2,1-3H3,(H,23,26). The van der Waals surface area contributed by atoms with Crippen LogP contribution in [0.4, 0.5) is 5.69 Å². The number of thiocarbonyl (C=S) groups is 1. The number of aryl methyl sites for hydroxylation is 3. The zero-order valence-corrected chi connectivity index (χ0v) is 16.3. The number of para-hydroxylation sites is 1. The van der Waals surface area contributed by atoms with E-state index in [1.165, 1.54) is 22.3 Å². The Hall–Kier alpha value is -2.59. The molecule has 1 heterocycles. The summed E-state index contributed by atoms with van der Waals surface area (Å²) in [6.07, 6.45) is 1.70. The molecule has 0 spiro atoms. The third-order valence-corrected chi connectivity index (χ3v) is 4.78. The lowest BCUT2D eigenvalue weighted by molar-refractivity contribution is 0.360. The Balaban J connectivity index is 1.81. The molecule has 3 rings (SSSR count). The summed E-state index contributed by atoms with van der Waals surface area (Å²) < 4.78 is 5.54. The van der Waals surface area contributed by atoms with Gasteiger partial charge in [0.05, 0.1) is 12.8 Å². The quantitative estimate of drug-likeness (QED) is 0.596. The maximum absolute atomic E-state index is 5.75. The minimum absolute atomic E-state index is 0.623. The van der Waals surface area contributed by atoms with E-state index in [0.717, 1.165) is 18.0 Å². The van der Waals surface area contributed by atoms with Crippen molar-refractivity contribution in [2.45, 2.75) is 33.9 Å². The van der Waals surface area contributed by atoms with Crippen LogP contribution in [0.15, 0.2) is 65.3 Å². The smallest absolute Gasteiger partial charge is 0.174 e. The molecule has 0 aliphatic carbocycles. The van der Waals surface area contributed by atoms with E-state index in [9.17, 15) is 0 Å². The predicted octanol–water partition coefficient (Wildman–Crippen LogP) is 5.60. The number of anilines is 1. The zero-order valence-electron chi connectivity index (χ0n) is 15.5. The van der Waals surface area contributed by atoms with Gasteiger partial charge in [-0.15, -0.1) is 0 Å². The summed E-state index contributed by atoms with van der Waals surface area (Å²) in [7, 11) is 0. The SMILES string of the molecule is Cc1ccc(CN(Cc2ccco2)C(=S)Nc2c(C)cccc2C)cc1. The van der Waals surface area contributed by atoms with Crippen LogP contribution in [0.2, 0.25) is 0 Å². The van der Waals surface area contributed by atoms with Gasteiger partial charge in [-0.25, -0.2) is 0 Å². The average molecular weight is 365 g/mol. The molecule has 0 saturated carbocycles. The van der Waals surface area contributed by atoms with Gasteiger partial charge < -0.3 is 14.6 Å². The van der Waals surface area contributed by atoms with Gasteiger partial charge in [-0.05, 0) is 61.8 Å². The van der Waals surface area contributed by atoms with Crippen molar-refractivity contribution in [2.24, 2.45) is 0 Å². The van der Waals surface area contributed by atoms with Crippen LogP contribution >= 0.6 is 12.2 Å². The number of hydrogen-bond donors (Lipinski definition) is 1. The molecule has 3 aromatic rings. The Morgan fingerprint density at radius 1 is 0.923 bits per heavy atom. The van der Waals surface area contributed by atoms with Gasteiger partial charge in [0.2, 0.25) is 0 Å². The van der Waals surface area contributed by atoms with Crippen LogP contribution < -0.4 is 5.32 Å². The van der Waals surface area contributed by atoms with Crippen LogP contribution in [0.25, 0.3) is 0 Å². The first-order valence-electron chi connectivity index (χ1n) is 8.73. The number of benzene rings is 2. The summed E-state index contributed by atoms with van der Waals surface area (Å²) in [6.45, 7) is 7.62. The van der Waals surface area contributed by atoms with E-state index in [0.29, 0.717) is 11.7 Å². The third-order valence-electron chi connectivity index (χ3n) is 4.42. The fourth-order valence-electron chi connectivity index (χ4n) is 2.90. The molecule has 0 fully saturated rings. The number of hydrogen-bond acceptors (Lipinski definition) is 2. The average Bonchev–Trinajstić information content (AvgIpc) is 3.12. The molecule has 26 heavy (non-hydrogen) atoms. The number of furan rings is 1. The molecule has 0 unspecified atom stereocenters. The van der Waals surface area contributed by atoms with Crippen LogP contribution in [0, 0.1) is 20.8 Å². The normalized spacial score (nSPS) is 10.6. The first-order valence-corrected chi connectivity index (χ1v) is 9.14. The topological polar surface area (TPSA) is 28.4 Å². The summed E-state index contributed by atoms with van der Waals surface area (Å²) in [5, 5.41) is 4.13. The van der Waals surface area contributed by atoms with Crippen LogP contribution in [0.1, 0.15) is 28.0 Å². The highest BCUT2D eigenvalue weighted by Gasteiger charge is 2.14. The molecule has 2 aromatic carbocycles. The highest BCUT2D eigenvalue weighted by molar-refractivity contribution is 7.80. The minimum atomic E-state index is 0.623. The van der Waals surface area contributed by atoms with Gasteiger partial charge in [-0.3, -0.25) is 0 Å². The first-order chi connectivity index (χ1) is 12.5. The van der Waals surface area contributed by atoms with Gasteiger partial charge >= 0.3 is 0 Å². The van der Waals surface area contributed by atoms with E-state index < -0.39 is 0 Å². The summed E-state index contributed by atoms with van der Waals surface area (Å²) in [5.74, 6) is 0.891. The van der Waals surface area contributed by atoms with Crippen molar-refractivity contribution < 1.29 is 4.42 Å². The number of rotatable bonds is 5. The molecule has 0 radical (unpaired) electrons. The monoisotopic (exact) mass is 364 g/mol. The summed E-state index contributed by atoms with van der Waals surface area (Å²) in [4.78, 5) is 2.13. The summed E-state index contributed by atoms with van der Waals surface area (Å²) in [5.41, 5.74) is 5.91. The largest absolute Gasteiger partial charge is 0.467 e. The van der Waals surface area contributed by atoms with Gasteiger partial charge in [0.1, 0.15) is 5.76 Å². The Bertz CT molecular complexity index is 849. The second-order valence-corrected chi connectivity index (χ2v) is 7.00. The summed E-state index contributed by atoms with van der Waals surface area (Å²) in [6, 6.07) is 18.7. The molecule has 0 atom stereocenters. The highest BCUT2D eigenvalue weighted by Crippen LogP contribution is 2.21. The molecule has 134 valence electrons. The molecule has 1 N–H and O–H groups in total. The fourth-order valence-corrected chi connectivity index (χ4v) is 3.13. The Morgan fingerprint density at radius 3 is 2.23 bits per heavy atom. The van der Waals surface area contributed by atoms with Crippen molar-refractivity contribution in [1.82, 2.24) is 4.90 Å². The van der Waals surface area contributed by atoms with Crippen LogP contribution in [-0.4, -0.2) is 10.0 Å². The molecular formula is C22H24N2OS. The van der Waals surface area contributed by atoms with Crippen LogP contribution in [0.5, 0.6) is 0 Å². The second kappa shape index (κ2) is 8.19. The molecule has 0 aliphatic rings. The van der Waals surface area contributed by atoms with Crippen LogP contribution in [-0.2, 0) is 13.1 Å². The van der Waals surface area contributed by atoms with Gasteiger partial charge in [-0.1, -0.05) is 48.0 Å². The van der Waals surface area contributed by atoms with Crippen molar-refractivity contribution in [3.8, 4) is 0 Å². The van der Waals surface area contributed by atoms with Crippen molar-refractivity contribution in [3.05, 3.63) is 88.9 Å². The molecular weight excluding hydrogens is 340 g/mol. The van der Waals surface area contributed by atoms with E-state index >= 15 is 0 Å². The van der Waals surface area contributed by atoms with Crippen molar-refractivity contribution in [3.63, 3.8) is 0 Å². The number of nitrogens with zero attached hydrogens (tertiary/aromatic N) is 1. The Labute approximate surface area is 160 Å². The van der Waals surface area contributed by atoms with Gasteiger partial charge in [0.25, 0.3) is 0 Å². The van der Waals surface area contributed by atoms with Crippen molar-refractivity contribution in [2.75, 3.05) is 5.32 Å². The molecule has 4 heteroatoms. The lowest BCUT2D eigenvalue weighted by Crippen LogP contribution is -2.34. The zero-order chi connectivity index (χ0) is 18.5. The highest BCUT2D eigenvalue weighted by atomic mass is 32.1. The van der Waals surface area contributed by atoms with Gasteiger partial charge in [0.15, 0.2) is 5.11 Å². The molecule has 1 aromatic heterocycles. The van der Waals surface area contributed by atoms with Crippen molar-refractivity contribution >= 4 is 23.0 Å². The van der Waals surface area contributed by atoms with E-state index in [1.807, 2.05) is 12.1 Å². The van der Waals surface area contributed by atoms with Gasteiger partial charge in [-0.2, -0.15) is 0 Å². The number of nitrogens with one attached hydrogen (secondary N) is 1. The lowest BCUT2D eigenvalue weighted by Gasteiger charge is -2.26. The molecule has 3 nitrogen and oxygen atoms in total. The Kier molecular flexibility index (Phi) is 5.74. The maximum Gasteiger partial charge on any atom is 0.174 e. The predicted molar refractivity (Wildman–Crippen MR) is 111 cm³/mol. The van der Waals surface area contributed by atoms with E-state index in [-0.39, 0.29) is 0 Å². The maximum atomic E-state index is 5.75.